The molecule has 0 radical (unpaired) electrons. The Morgan fingerprint density at radius 1 is 1.31 bits per heavy atom. The lowest BCUT2D eigenvalue weighted by atomic mass is 10.1. The van der Waals surface area contributed by atoms with Gasteiger partial charge >= 0.3 is 0 Å². The van der Waals surface area contributed by atoms with Gasteiger partial charge in [0.1, 0.15) is 5.44 Å². The van der Waals surface area contributed by atoms with Crippen LogP contribution in [0, 0.1) is 0 Å². The van der Waals surface area contributed by atoms with E-state index < -0.39 is 0 Å². The van der Waals surface area contributed by atoms with Crippen LogP contribution in [0.4, 0.5) is 0 Å². The van der Waals surface area contributed by atoms with Gasteiger partial charge in [-0.1, -0.05) is 59.8 Å². The number of allylic oxidation sites excluding steroid dienone is 3. The number of carbonyl (C=O) groups is 1. The molecular formula is C22H29NO2S. The fraction of sp³-hybridized carbons (Fsp3) is 0.409. The van der Waals surface area contributed by atoms with Gasteiger partial charge in [0.2, 0.25) is 5.91 Å². The van der Waals surface area contributed by atoms with E-state index in [4.69, 9.17) is 4.74 Å². The van der Waals surface area contributed by atoms with Crippen molar-refractivity contribution in [3.63, 3.8) is 0 Å². The third-order valence-corrected chi connectivity index (χ3v) is 5.45. The number of rotatable bonds is 7. The number of ether oxygens (including phenoxy) is 1. The molecule has 1 aliphatic heterocycles. The Bertz CT molecular complexity index is 689. The molecule has 0 fully saturated rings. The van der Waals surface area contributed by atoms with Crippen molar-refractivity contribution >= 4 is 17.7 Å². The first kappa shape index (κ1) is 20.5. The fourth-order valence-electron chi connectivity index (χ4n) is 2.75. The van der Waals surface area contributed by atoms with Gasteiger partial charge < -0.3 is 9.64 Å². The lowest BCUT2D eigenvalue weighted by molar-refractivity contribution is -0.127. The first-order chi connectivity index (χ1) is 12.5. The van der Waals surface area contributed by atoms with Crippen molar-refractivity contribution < 1.29 is 9.53 Å². The first-order valence-corrected chi connectivity index (χ1v) is 9.94. The molecule has 1 aliphatic rings. The predicted molar refractivity (Wildman–Crippen MR) is 110 cm³/mol. The van der Waals surface area contributed by atoms with Gasteiger partial charge in [0.25, 0.3) is 0 Å². The minimum atomic E-state index is -0.0793. The van der Waals surface area contributed by atoms with Gasteiger partial charge in [-0.25, -0.2) is 0 Å². The molecule has 0 saturated heterocycles. The van der Waals surface area contributed by atoms with E-state index in [1.165, 1.54) is 22.1 Å². The number of nitrogens with zero attached hydrogens (tertiary/aromatic N) is 1. The van der Waals surface area contributed by atoms with E-state index in [1.807, 2.05) is 17.0 Å². The van der Waals surface area contributed by atoms with Crippen LogP contribution in [-0.2, 0) is 16.1 Å². The summed E-state index contributed by atoms with van der Waals surface area (Å²) in [4.78, 5) is 15.1. The van der Waals surface area contributed by atoms with Crippen LogP contribution in [0.1, 0.15) is 39.2 Å². The lowest BCUT2D eigenvalue weighted by Gasteiger charge is -2.22. The van der Waals surface area contributed by atoms with Crippen molar-refractivity contribution in [3.8, 4) is 0 Å². The van der Waals surface area contributed by atoms with E-state index in [-0.39, 0.29) is 11.3 Å². The molecule has 4 heteroatoms. The molecule has 1 aromatic rings. The number of amides is 1. The normalized spacial score (nSPS) is 17.3. The van der Waals surface area contributed by atoms with Crippen LogP contribution in [0.5, 0.6) is 0 Å². The lowest BCUT2D eigenvalue weighted by Crippen LogP contribution is -2.34. The average Bonchev–Trinajstić information content (AvgIpc) is 2.79. The number of hydrogen-bond donors (Lipinski definition) is 0. The SMILES string of the molecule is C=CC(=O)N1Cc2ccccc2SC(OC/C=C(\C)CCC=C(C)C)C1. The third kappa shape index (κ3) is 6.50. The highest BCUT2D eigenvalue weighted by atomic mass is 32.2. The molecule has 0 aliphatic carbocycles. The Balaban J connectivity index is 1.98. The summed E-state index contributed by atoms with van der Waals surface area (Å²) in [6, 6.07) is 8.21. The minimum absolute atomic E-state index is 0.0515. The van der Waals surface area contributed by atoms with E-state index in [9.17, 15) is 4.79 Å². The smallest absolute Gasteiger partial charge is 0.246 e. The van der Waals surface area contributed by atoms with Gasteiger partial charge in [-0.2, -0.15) is 0 Å². The summed E-state index contributed by atoms with van der Waals surface area (Å²) in [5.74, 6) is -0.0515. The van der Waals surface area contributed by atoms with E-state index in [1.54, 1.807) is 11.8 Å². The zero-order chi connectivity index (χ0) is 18.9. The Kier molecular flexibility index (Phi) is 8.20. The van der Waals surface area contributed by atoms with Crippen LogP contribution >= 0.6 is 11.8 Å². The largest absolute Gasteiger partial charge is 0.361 e. The molecule has 140 valence electrons. The third-order valence-electron chi connectivity index (χ3n) is 4.25. The van der Waals surface area contributed by atoms with Crippen molar-refractivity contribution in [2.75, 3.05) is 13.2 Å². The quantitative estimate of drug-likeness (QED) is 0.478. The highest BCUT2D eigenvalue weighted by molar-refractivity contribution is 7.99. The molecule has 0 bridgehead atoms. The van der Waals surface area contributed by atoms with E-state index in [2.05, 4.69) is 51.6 Å². The molecule has 1 heterocycles. The number of thioether (sulfide) groups is 1. The van der Waals surface area contributed by atoms with Gasteiger partial charge in [-0.3, -0.25) is 4.79 Å². The summed E-state index contributed by atoms with van der Waals surface area (Å²) in [5, 5.41) is 0. The van der Waals surface area contributed by atoms with Gasteiger partial charge in [0.05, 0.1) is 13.2 Å². The molecule has 0 saturated carbocycles. The van der Waals surface area contributed by atoms with E-state index in [0.717, 1.165) is 18.4 Å². The van der Waals surface area contributed by atoms with Gasteiger partial charge in [-0.15, -0.1) is 0 Å². The summed E-state index contributed by atoms with van der Waals surface area (Å²) in [6.07, 6.45) is 7.90. The minimum Gasteiger partial charge on any atom is -0.361 e. The maximum absolute atomic E-state index is 12.2. The molecule has 0 N–H and O–H groups in total. The summed E-state index contributed by atoms with van der Waals surface area (Å²) in [6.45, 7) is 11.7. The number of benzene rings is 1. The summed E-state index contributed by atoms with van der Waals surface area (Å²) >= 11 is 1.69. The monoisotopic (exact) mass is 371 g/mol. The van der Waals surface area contributed by atoms with Crippen molar-refractivity contribution in [2.24, 2.45) is 0 Å². The van der Waals surface area contributed by atoms with Crippen LogP contribution in [0.15, 0.2) is 65.1 Å². The van der Waals surface area contributed by atoms with Crippen molar-refractivity contribution in [2.45, 2.75) is 50.5 Å². The molecule has 1 aromatic carbocycles. The second-order valence-electron chi connectivity index (χ2n) is 6.78. The number of carbonyl (C=O) groups excluding carboxylic acids is 1. The molecule has 1 unspecified atom stereocenters. The maximum atomic E-state index is 12.2. The highest BCUT2D eigenvalue weighted by Crippen LogP contribution is 2.32. The highest BCUT2D eigenvalue weighted by Gasteiger charge is 2.24. The fourth-order valence-corrected chi connectivity index (χ4v) is 3.88. The van der Waals surface area contributed by atoms with E-state index in [0.29, 0.717) is 19.7 Å². The molecule has 2 rings (SSSR count). The Labute approximate surface area is 161 Å². The van der Waals surface area contributed by atoms with Gasteiger partial charge in [0.15, 0.2) is 0 Å². The second-order valence-corrected chi connectivity index (χ2v) is 7.98. The van der Waals surface area contributed by atoms with Crippen LogP contribution < -0.4 is 0 Å². The second kappa shape index (κ2) is 10.4. The molecule has 1 atom stereocenters. The standard InChI is InChI=1S/C22H29NO2S/c1-5-21(24)23-15-19-11-6-7-12-20(19)26-22(16-23)25-14-13-18(4)10-8-9-17(2)3/h5-7,9,11-13,22H,1,8,10,14-16H2,2-4H3/b18-13+. The molecule has 26 heavy (non-hydrogen) atoms. The Morgan fingerprint density at radius 3 is 2.81 bits per heavy atom. The molecule has 0 spiro atoms. The molecule has 3 nitrogen and oxygen atoms in total. The van der Waals surface area contributed by atoms with Crippen molar-refractivity contribution in [1.82, 2.24) is 4.90 Å². The average molecular weight is 372 g/mol. The molecular weight excluding hydrogens is 342 g/mol. The van der Waals surface area contributed by atoms with Crippen molar-refractivity contribution in [3.05, 3.63) is 65.8 Å². The Morgan fingerprint density at radius 2 is 2.08 bits per heavy atom. The zero-order valence-corrected chi connectivity index (χ0v) is 16.8. The van der Waals surface area contributed by atoms with Gasteiger partial charge in [0, 0.05) is 11.4 Å². The number of hydrogen-bond acceptors (Lipinski definition) is 3. The van der Waals surface area contributed by atoms with Crippen LogP contribution in [-0.4, -0.2) is 29.4 Å². The van der Waals surface area contributed by atoms with Gasteiger partial charge in [-0.05, 0) is 51.3 Å². The molecule has 1 amide bonds. The van der Waals surface area contributed by atoms with Crippen LogP contribution in [0.25, 0.3) is 0 Å². The van der Waals surface area contributed by atoms with E-state index >= 15 is 0 Å². The van der Waals surface area contributed by atoms with Crippen LogP contribution in [0.2, 0.25) is 0 Å². The summed E-state index contributed by atoms with van der Waals surface area (Å²) in [7, 11) is 0. The molecule has 0 aromatic heterocycles. The van der Waals surface area contributed by atoms with Crippen LogP contribution in [0.3, 0.4) is 0 Å². The Hall–Kier alpha value is -1.78. The number of fused-ring (bicyclic) bond motifs is 1. The zero-order valence-electron chi connectivity index (χ0n) is 16.0. The first-order valence-electron chi connectivity index (χ1n) is 9.06. The van der Waals surface area contributed by atoms with Crippen molar-refractivity contribution in [1.29, 1.82) is 0 Å². The maximum Gasteiger partial charge on any atom is 0.246 e. The predicted octanol–water partition coefficient (Wildman–Crippen LogP) is 5.34. The summed E-state index contributed by atoms with van der Waals surface area (Å²) in [5.41, 5.74) is 3.77. The summed E-state index contributed by atoms with van der Waals surface area (Å²) < 4.78 is 6.09. The topological polar surface area (TPSA) is 29.5 Å².